The normalized spacial score (nSPS) is 15.7. The minimum absolute atomic E-state index is 0.141. The van der Waals surface area contributed by atoms with Gasteiger partial charge in [-0.25, -0.2) is 0 Å². The van der Waals surface area contributed by atoms with Gasteiger partial charge in [-0.2, -0.15) is 0 Å². The average molecular weight is 265 g/mol. The van der Waals surface area contributed by atoms with E-state index < -0.39 is 6.10 Å². The zero-order valence-electron chi connectivity index (χ0n) is 11.2. The summed E-state index contributed by atoms with van der Waals surface area (Å²) in [5.41, 5.74) is 0.602. The first-order valence-corrected chi connectivity index (χ1v) is 6.39. The van der Waals surface area contributed by atoms with Crippen LogP contribution in [0.1, 0.15) is 25.3 Å². The predicted octanol–water partition coefficient (Wildman–Crippen LogP) is 1.23. The molecule has 0 spiro atoms. The van der Waals surface area contributed by atoms with E-state index in [9.17, 15) is 9.90 Å². The van der Waals surface area contributed by atoms with Crippen molar-refractivity contribution in [3.8, 4) is 11.5 Å². The zero-order valence-corrected chi connectivity index (χ0v) is 11.2. The first-order chi connectivity index (χ1) is 9.15. The Hall–Kier alpha value is -1.75. The molecule has 2 N–H and O–H groups in total. The van der Waals surface area contributed by atoms with E-state index in [1.54, 1.807) is 25.1 Å². The van der Waals surface area contributed by atoms with Crippen LogP contribution in [0.15, 0.2) is 18.2 Å². The van der Waals surface area contributed by atoms with Crippen molar-refractivity contribution >= 4 is 5.91 Å². The summed E-state index contributed by atoms with van der Waals surface area (Å²) in [4.78, 5) is 11.9. The molecule has 0 bridgehead atoms. The van der Waals surface area contributed by atoms with Crippen molar-refractivity contribution in [3.63, 3.8) is 0 Å². The molecule has 1 aromatic rings. The van der Waals surface area contributed by atoms with Crippen LogP contribution in [0, 0.1) is 0 Å². The third-order valence-corrected chi connectivity index (χ3v) is 3.04. The summed E-state index contributed by atoms with van der Waals surface area (Å²) in [6.45, 7) is 1.52. The van der Waals surface area contributed by atoms with Gasteiger partial charge in [-0.1, -0.05) is 12.1 Å². The highest BCUT2D eigenvalue weighted by Gasteiger charge is 2.27. The molecule has 1 atom stereocenters. The van der Waals surface area contributed by atoms with Crippen LogP contribution < -0.4 is 14.8 Å². The lowest BCUT2D eigenvalue weighted by molar-refractivity contribution is -0.127. The third kappa shape index (κ3) is 3.38. The van der Waals surface area contributed by atoms with Gasteiger partial charge in [-0.15, -0.1) is 0 Å². The van der Waals surface area contributed by atoms with Crippen molar-refractivity contribution in [1.82, 2.24) is 5.32 Å². The highest BCUT2D eigenvalue weighted by atomic mass is 16.5. The number of carbonyl (C=O) groups is 1. The summed E-state index contributed by atoms with van der Waals surface area (Å²) in [5.74, 6) is 0.792. The lowest BCUT2D eigenvalue weighted by Crippen LogP contribution is -2.37. The lowest BCUT2D eigenvalue weighted by Gasteiger charge is -2.18. The molecule has 0 aromatic heterocycles. The molecule has 2 rings (SSSR count). The fraction of sp³-hybridized carbons (Fsp3) is 0.500. The largest absolute Gasteiger partial charge is 0.493 e. The highest BCUT2D eigenvalue weighted by Crippen LogP contribution is 2.32. The minimum Gasteiger partial charge on any atom is -0.493 e. The van der Waals surface area contributed by atoms with E-state index in [1.165, 1.54) is 7.11 Å². The Bertz CT molecular complexity index is 435. The average Bonchev–Trinajstić information content (AvgIpc) is 3.22. The molecule has 1 amide bonds. The molecule has 104 valence electrons. The van der Waals surface area contributed by atoms with Crippen molar-refractivity contribution in [3.05, 3.63) is 23.8 Å². The molecule has 0 aliphatic heterocycles. The molecule has 1 aliphatic carbocycles. The number of ether oxygens (including phenoxy) is 2. The molecular weight excluding hydrogens is 246 g/mol. The van der Waals surface area contributed by atoms with E-state index in [0.717, 1.165) is 12.8 Å². The number of para-hydroxylation sites is 1. The van der Waals surface area contributed by atoms with Gasteiger partial charge in [-0.3, -0.25) is 4.79 Å². The van der Waals surface area contributed by atoms with Gasteiger partial charge in [0.2, 0.25) is 0 Å². The van der Waals surface area contributed by atoms with Crippen molar-refractivity contribution in [2.45, 2.75) is 38.5 Å². The first kappa shape index (κ1) is 13.7. The summed E-state index contributed by atoms with van der Waals surface area (Å²) in [7, 11) is 1.53. The molecule has 5 heteroatoms. The number of aliphatic hydroxyl groups excluding tert-OH is 1. The van der Waals surface area contributed by atoms with Gasteiger partial charge >= 0.3 is 0 Å². The lowest BCUT2D eigenvalue weighted by atomic mass is 10.2. The Labute approximate surface area is 112 Å². The number of aliphatic hydroxyl groups is 1. The fourth-order valence-corrected chi connectivity index (χ4v) is 1.76. The molecule has 5 nitrogen and oxygen atoms in total. The van der Waals surface area contributed by atoms with Gasteiger partial charge < -0.3 is 19.9 Å². The second-order valence-corrected chi connectivity index (χ2v) is 4.65. The molecule has 1 aliphatic rings. The number of hydrogen-bond acceptors (Lipinski definition) is 4. The van der Waals surface area contributed by atoms with Gasteiger partial charge in [0.05, 0.1) is 13.7 Å². The van der Waals surface area contributed by atoms with Gasteiger partial charge in [0.1, 0.15) is 0 Å². The van der Waals surface area contributed by atoms with Gasteiger partial charge in [0, 0.05) is 11.6 Å². The van der Waals surface area contributed by atoms with Crippen molar-refractivity contribution in [1.29, 1.82) is 0 Å². The molecule has 0 heterocycles. The van der Waals surface area contributed by atoms with E-state index in [0.29, 0.717) is 23.1 Å². The number of hydrogen-bond donors (Lipinski definition) is 2. The number of benzene rings is 1. The molecule has 0 radical (unpaired) electrons. The Morgan fingerprint density at radius 1 is 1.53 bits per heavy atom. The molecule has 0 saturated heterocycles. The Morgan fingerprint density at radius 3 is 2.84 bits per heavy atom. The fourth-order valence-electron chi connectivity index (χ4n) is 1.76. The van der Waals surface area contributed by atoms with Crippen LogP contribution in [0.2, 0.25) is 0 Å². The maximum atomic E-state index is 11.9. The van der Waals surface area contributed by atoms with Crippen LogP contribution >= 0.6 is 0 Å². The Morgan fingerprint density at radius 2 is 2.26 bits per heavy atom. The van der Waals surface area contributed by atoms with Crippen LogP contribution in [-0.4, -0.2) is 30.3 Å². The second kappa shape index (κ2) is 5.93. The van der Waals surface area contributed by atoms with Crippen LogP contribution in [0.5, 0.6) is 11.5 Å². The minimum atomic E-state index is -0.623. The summed E-state index contributed by atoms with van der Waals surface area (Å²) >= 11 is 0. The quantitative estimate of drug-likeness (QED) is 0.812. The zero-order chi connectivity index (χ0) is 13.8. The van der Waals surface area contributed by atoms with Gasteiger partial charge in [0.15, 0.2) is 17.6 Å². The SMILES string of the molecule is COc1cccc(CO)c1OC(C)C(=O)NC1CC1. The second-order valence-electron chi connectivity index (χ2n) is 4.65. The summed E-state index contributed by atoms with van der Waals surface area (Å²) in [5, 5.41) is 12.2. The number of amides is 1. The topological polar surface area (TPSA) is 67.8 Å². The van der Waals surface area contributed by atoms with E-state index in [2.05, 4.69) is 5.32 Å². The number of nitrogens with one attached hydrogen (secondary N) is 1. The summed E-state index contributed by atoms with van der Waals surface area (Å²) in [6.07, 6.45) is 1.45. The van der Waals surface area contributed by atoms with Gasteiger partial charge in [0.25, 0.3) is 5.91 Å². The smallest absolute Gasteiger partial charge is 0.260 e. The predicted molar refractivity (Wildman–Crippen MR) is 70.2 cm³/mol. The summed E-state index contributed by atoms with van der Waals surface area (Å²) < 4.78 is 10.8. The molecule has 1 unspecified atom stereocenters. The van der Waals surface area contributed by atoms with E-state index in [4.69, 9.17) is 9.47 Å². The number of methoxy groups -OCH3 is 1. The van der Waals surface area contributed by atoms with Crippen LogP contribution in [0.3, 0.4) is 0 Å². The number of carbonyl (C=O) groups excluding carboxylic acids is 1. The molecule has 19 heavy (non-hydrogen) atoms. The summed E-state index contributed by atoms with van der Waals surface area (Å²) in [6, 6.07) is 5.55. The third-order valence-electron chi connectivity index (χ3n) is 3.04. The molecule has 1 fully saturated rings. The monoisotopic (exact) mass is 265 g/mol. The molecule has 1 aromatic carbocycles. The molecular formula is C14H19NO4. The van der Waals surface area contributed by atoms with E-state index in [1.807, 2.05) is 0 Å². The van der Waals surface area contributed by atoms with E-state index in [-0.39, 0.29) is 12.5 Å². The van der Waals surface area contributed by atoms with Crippen molar-refractivity contribution in [2.24, 2.45) is 0 Å². The van der Waals surface area contributed by atoms with E-state index >= 15 is 0 Å². The van der Waals surface area contributed by atoms with Crippen LogP contribution in [0.25, 0.3) is 0 Å². The van der Waals surface area contributed by atoms with Crippen LogP contribution in [-0.2, 0) is 11.4 Å². The Kier molecular flexibility index (Phi) is 4.27. The maximum absolute atomic E-state index is 11.9. The Balaban J connectivity index is 2.09. The highest BCUT2D eigenvalue weighted by molar-refractivity contribution is 5.81. The standard InChI is InChI=1S/C14H19NO4/c1-9(14(17)15-11-6-7-11)19-13-10(8-16)4-3-5-12(13)18-2/h3-5,9,11,16H,6-8H2,1-2H3,(H,15,17). The van der Waals surface area contributed by atoms with Crippen molar-refractivity contribution < 1.29 is 19.4 Å². The first-order valence-electron chi connectivity index (χ1n) is 6.39. The van der Waals surface area contributed by atoms with Gasteiger partial charge in [-0.05, 0) is 25.8 Å². The molecule has 1 saturated carbocycles. The van der Waals surface area contributed by atoms with Crippen LogP contribution in [0.4, 0.5) is 0 Å². The maximum Gasteiger partial charge on any atom is 0.260 e. The van der Waals surface area contributed by atoms with Crippen molar-refractivity contribution in [2.75, 3.05) is 7.11 Å². The number of rotatable bonds is 6.